The third-order valence-corrected chi connectivity index (χ3v) is 2.26. The molecule has 14 heavy (non-hydrogen) atoms. The molecule has 72 valence electrons. The molecule has 0 fully saturated rings. The smallest absolute Gasteiger partial charge is 0.134 e. The molecule has 2 nitrogen and oxygen atoms in total. The van der Waals surface area contributed by atoms with Gasteiger partial charge in [0.1, 0.15) is 5.58 Å². The highest BCUT2D eigenvalue weighted by atomic mass is 16.3. The summed E-state index contributed by atoms with van der Waals surface area (Å²) in [4.78, 5) is 0. The van der Waals surface area contributed by atoms with Crippen molar-refractivity contribution < 1.29 is 9.52 Å². The minimum atomic E-state index is -0.517. The van der Waals surface area contributed by atoms with Crippen LogP contribution in [0.2, 0.25) is 0 Å². The molecular weight excluding hydrogens is 176 g/mol. The molecule has 2 heteroatoms. The normalized spacial score (nSPS) is 12.9. The van der Waals surface area contributed by atoms with Crippen LogP contribution in [0.15, 0.2) is 47.6 Å². The van der Waals surface area contributed by atoms with E-state index in [0.717, 1.165) is 16.5 Å². The van der Waals surface area contributed by atoms with Crippen molar-refractivity contribution in [1.82, 2.24) is 0 Å². The highest BCUT2D eigenvalue weighted by Crippen LogP contribution is 2.27. The van der Waals surface area contributed by atoms with Crippen molar-refractivity contribution in [3.63, 3.8) is 0 Å². The third kappa shape index (κ3) is 1.44. The van der Waals surface area contributed by atoms with Gasteiger partial charge >= 0.3 is 0 Å². The fraction of sp³-hybridized carbons (Fsp3) is 0.167. The van der Waals surface area contributed by atoms with Gasteiger partial charge in [0.05, 0.1) is 12.4 Å². The maximum atomic E-state index is 9.78. The first kappa shape index (κ1) is 9.03. The summed E-state index contributed by atoms with van der Waals surface area (Å²) in [6, 6.07) is 7.68. The molecule has 0 saturated carbocycles. The second-order valence-electron chi connectivity index (χ2n) is 3.23. The minimum absolute atomic E-state index is 0.517. The number of fused-ring (bicyclic) bond motifs is 1. The van der Waals surface area contributed by atoms with E-state index in [4.69, 9.17) is 4.42 Å². The zero-order chi connectivity index (χ0) is 9.97. The van der Waals surface area contributed by atoms with Crippen molar-refractivity contribution in [1.29, 1.82) is 0 Å². The van der Waals surface area contributed by atoms with Crippen LogP contribution in [0.5, 0.6) is 0 Å². The van der Waals surface area contributed by atoms with Crippen molar-refractivity contribution in [3.05, 3.63) is 48.7 Å². The molecule has 0 amide bonds. The van der Waals surface area contributed by atoms with Gasteiger partial charge < -0.3 is 9.52 Å². The van der Waals surface area contributed by atoms with Gasteiger partial charge in [-0.15, -0.1) is 6.58 Å². The second-order valence-corrected chi connectivity index (χ2v) is 3.23. The van der Waals surface area contributed by atoms with Crippen LogP contribution in [0.25, 0.3) is 11.0 Å². The standard InChI is InChI=1S/C12H12O2/c1-2-5-11(13)10-8-14-12-7-4-3-6-9(10)12/h2-4,6-8,11,13H,1,5H2. The Kier molecular flexibility index (Phi) is 2.37. The molecule has 1 atom stereocenters. The molecule has 0 spiro atoms. The Bertz CT molecular complexity index is 442. The highest BCUT2D eigenvalue weighted by Gasteiger charge is 2.12. The molecule has 2 aromatic rings. The summed E-state index contributed by atoms with van der Waals surface area (Å²) in [5.74, 6) is 0. The monoisotopic (exact) mass is 188 g/mol. The van der Waals surface area contributed by atoms with Gasteiger partial charge in [-0.2, -0.15) is 0 Å². The Hall–Kier alpha value is -1.54. The van der Waals surface area contributed by atoms with Crippen molar-refractivity contribution in [2.75, 3.05) is 0 Å². The van der Waals surface area contributed by atoms with E-state index in [0.29, 0.717) is 6.42 Å². The Morgan fingerprint density at radius 1 is 1.43 bits per heavy atom. The third-order valence-electron chi connectivity index (χ3n) is 2.26. The summed E-state index contributed by atoms with van der Waals surface area (Å²) in [6.07, 6.45) is 3.34. The van der Waals surface area contributed by atoms with E-state index in [1.807, 2.05) is 24.3 Å². The number of hydrogen-bond acceptors (Lipinski definition) is 2. The number of aliphatic hydroxyl groups is 1. The molecule has 1 aromatic heterocycles. The summed E-state index contributed by atoms with van der Waals surface area (Å²) in [5.41, 5.74) is 1.64. The molecule has 0 aliphatic carbocycles. The SMILES string of the molecule is C=CCC(O)c1coc2ccccc12. The van der Waals surface area contributed by atoms with Gasteiger partial charge in [-0.3, -0.25) is 0 Å². The number of hydrogen-bond donors (Lipinski definition) is 1. The van der Waals surface area contributed by atoms with Crippen molar-refractivity contribution >= 4 is 11.0 Å². The molecule has 1 unspecified atom stereocenters. The van der Waals surface area contributed by atoms with E-state index in [9.17, 15) is 5.11 Å². The Morgan fingerprint density at radius 2 is 2.21 bits per heavy atom. The van der Waals surface area contributed by atoms with Gasteiger partial charge in [-0.25, -0.2) is 0 Å². The Labute approximate surface area is 82.5 Å². The van der Waals surface area contributed by atoms with Crippen molar-refractivity contribution in [3.8, 4) is 0 Å². The number of furan rings is 1. The lowest BCUT2D eigenvalue weighted by molar-refractivity contribution is 0.182. The first-order valence-corrected chi connectivity index (χ1v) is 4.58. The topological polar surface area (TPSA) is 33.4 Å². The van der Waals surface area contributed by atoms with Gasteiger partial charge in [0.2, 0.25) is 0 Å². The molecule has 0 aliphatic heterocycles. The van der Waals surface area contributed by atoms with Crippen LogP contribution < -0.4 is 0 Å². The van der Waals surface area contributed by atoms with Gasteiger partial charge in [0, 0.05) is 10.9 Å². The summed E-state index contributed by atoms with van der Waals surface area (Å²) in [7, 11) is 0. The number of benzene rings is 1. The average Bonchev–Trinajstić information content (AvgIpc) is 2.61. The lowest BCUT2D eigenvalue weighted by atomic mass is 10.1. The van der Waals surface area contributed by atoms with Gasteiger partial charge in [-0.05, 0) is 12.5 Å². The van der Waals surface area contributed by atoms with Gasteiger partial charge in [0.25, 0.3) is 0 Å². The van der Waals surface area contributed by atoms with E-state index >= 15 is 0 Å². The molecule has 0 radical (unpaired) electrons. The molecule has 0 saturated heterocycles. The molecular formula is C12H12O2. The molecule has 1 N–H and O–H groups in total. The molecule has 2 rings (SSSR count). The maximum absolute atomic E-state index is 9.78. The largest absolute Gasteiger partial charge is 0.464 e. The molecule has 1 heterocycles. The van der Waals surface area contributed by atoms with E-state index in [1.165, 1.54) is 0 Å². The fourth-order valence-electron chi connectivity index (χ4n) is 1.54. The Balaban J connectivity index is 2.47. The highest BCUT2D eigenvalue weighted by molar-refractivity contribution is 5.81. The second kappa shape index (κ2) is 3.68. The van der Waals surface area contributed by atoms with E-state index in [-0.39, 0.29) is 0 Å². The first-order chi connectivity index (χ1) is 6.83. The van der Waals surface area contributed by atoms with E-state index in [2.05, 4.69) is 6.58 Å². The van der Waals surface area contributed by atoms with Crippen LogP contribution >= 0.6 is 0 Å². The van der Waals surface area contributed by atoms with Crippen LogP contribution in [0, 0.1) is 0 Å². The zero-order valence-electron chi connectivity index (χ0n) is 7.81. The van der Waals surface area contributed by atoms with Crippen molar-refractivity contribution in [2.24, 2.45) is 0 Å². The van der Waals surface area contributed by atoms with Crippen LogP contribution in [0.4, 0.5) is 0 Å². The number of rotatable bonds is 3. The molecule has 0 bridgehead atoms. The van der Waals surface area contributed by atoms with E-state index in [1.54, 1.807) is 12.3 Å². The lowest BCUT2D eigenvalue weighted by Crippen LogP contribution is -1.93. The first-order valence-electron chi connectivity index (χ1n) is 4.58. The number of para-hydroxylation sites is 1. The fourth-order valence-corrected chi connectivity index (χ4v) is 1.54. The quantitative estimate of drug-likeness (QED) is 0.751. The summed E-state index contributed by atoms with van der Waals surface area (Å²) in [5, 5.41) is 10.8. The predicted molar refractivity (Wildman–Crippen MR) is 56.0 cm³/mol. The average molecular weight is 188 g/mol. The maximum Gasteiger partial charge on any atom is 0.134 e. The Morgan fingerprint density at radius 3 is 3.00 bits per heavy atom. The van der Waals surface area contributed by atoms with Gasteiger partial charge in [0.15, 0.2) is 0 Å². The minimum Gasteiger partial charge on any atom is -0.464 e. The van der Waals surface area contributed by atoms with Crippen LogP contribution in [-0.4, -0.2) is 5.11 Å². The zero-order valence-corrected chi connectivity index (χ0v) is 7.81. The summed E-state index contributed by atoms with van der Waals surface area (Å²) in [6.45, 7) is 3.60. The van der Waals surface area contributed by atoms with Crippen LogP contribution in [0.1, 0.15) is 18.1 Å². The van der Waals surface area contributed by atoms with Crippen molar-refractivity contribution in [2.45, 2.75) is 12.5 Å². The summed E-state index contributed by atoms with van der Waals surface area (Å²) < 4.78 is 5.32. The molecule has 0 aliphatic rings. The van der Waals surface area contributed by atoms with Gasteiger partial charge in [-0.1, -0.05) is 24.3 Å². The lowest BCUT2D eigenvalue weighted by Gasteiger charge is -2.04. The number of aliphatic hydroxyl groups excluding tert-OH is 1. The van der Waals surface area contributed by atoms with Crippen LogP contribution in [-0.2, 0) is 0 Å². The van der Waals surface area contributed by atoms with Crippen LogP contribution in [0.3, 0.4) is 0 Å². The summed E-state index contributed by atoms with van der Waals surface area (Å²) >= 11 is 0. The molecule has 1 aromatic carbocycles. The van der Waals surface area contributed by atoms with E-state index < -0.39 is 6.10 Å². The predicted octanol–water partition coefficient (Wildman–Crippen LogP) is 3.04.